The van der Waals surface area contributed by atoms with E-state index in [0.717, 1.165) is 12.5 Å². The van der Waals surface area contributed by atoms with Crippen molar-refractivity contribution < 1.29 is 0 Å². The molecule has 17 heavy (non-hydrogen) atoms. The summed E-state index contributed by atoms with van der Waals surface area (Å²) in [5.41, 5.74) is 7.68. The van der Waals surface area contributed by atoms with Crippen LogP contribution in [-0.2, 0) is 6.54 Å². The minimum Gasteiger partial charge on any atom is -0.398 e. The van der Waals surface area contributed by atoms with Crippen LogP contribution in [0.4, 0.5) is 5.69 Å². The molecule has 0 amide bonds. The van der Waals surface area contributed by atoms with Gasteiger partial charge in [0.05, 0.1) is 10.7 Å². The molecule has 1 aromatic rings. The van der Waals surface area contributed by atoms with Crippen molar-refractivity contribution >= 4 is 17.3 Å². The third-order valence-corrected chi connectivity index (χ3v) is 3.40. The van der Waals surface area contributed by atoms with E-state index in [1.165, 1.54) is 12.0 Å². The molecule has 1 atom stereocenters. The first kappa shape index (κ1) is 14.3. The van der Waals surface area contributed by atoms with Crippen LogP contribution >= 0.6 is 11.6 Å². The van der Waals surface area contributed by atoms with E-state index in [9.17, 15) is 0 Å². The van der Waals surface area contributed by atoms with E-state index < -0.39 is 0 Å². The molecular weight excluding hydrogens is 232 g/mol. The quantitative estimate of drug-likeness (QED) is 0.810. The summed E-state index contributed by atoms with van der Waals surface area (Å²) in [7, 11) is 2.15. The van der Waals surface area contributed by atoms with Gasteiger partial charge in [-0.25, -0.2) is 0 Å². The molecule has 0 aliphatic rings. The van der Waals surface area contributed by atoms with E-state index in [1.807, 2.05) is 18.2 Å². The van der Waals surface area contributed by atoms with Crippen LogP contribution in [0.5, 0.6) is 0 Å². The molecular formula is C14H23ClN2. The molecule has 0 aromatic heterocycles. The SMILES string of the molecule is CC(C)CC(C)N(C)Cc1ccc(Cl)c(N)c1. The maximum atomic E-state index is 5.91. The van der Waals surface area contributed by atoms with Crippen LogP contribution in [0.25, 0.3) is 0 Å². The summed E-state index contributed by atoms with van der Waals surface area (Å²) in [6.45, 7) is 7.68. The van der Waals surface area contributed by atoms with Crippen LogP contribution in [0.1, 0.15) is 32.8 Å². The van der Waals surface area contributed by atoms with Crippen molar-refractivity contribution in [2.45, 2.75) is 39.8 Å². The normalized spacial score (nSPS) is 13.4. The molecule has 0 heterocycles. The lowest BCUT2D eigenvalue weighted by Crippen LogP contribution is -2.29. The summed E-state index contributed by atoms with van der Waals surface area (Å²) in [6.07, 6.45) is 1.21. The van der Waals surface area contributed by atoms with Crippen molar-refractivity contribution in [1.29, 1.82) is 0 Å². The van der Waals surface area contributed by atoms with Crippen molar-refractivity contribution in [3.05, 3.63) is 28.8 Å². The molecule has 0 fully saturated rings. The third-order valence-electron chi connectivity index (χ3n) is 3.06. The second-order valence-electron chi connectivity index (χ2n) is 5.25. The van der Waals surface area contributed by atoms with Crippen LogP contribution in [0.3, 0.4) is 0 Å². The van der Waals surface area contributed by atoms with Crippen molar-refractivity contribution in [3.8, 4) is 0 Å². The van der Waals surface area contributed by atoms with Crippen molar-refractivity contribution in [3.63, 3.8) is 0 Å². The zero-order chi connectivity index (χ0) is 13.0. The Hall–Kier alpha value is -0.730. The van der Waals surface area contributed by atoms with Crippen LogP contribution in [0.15, 0.2) is 18.2 Å². The summed E-state index contributed by atoms with van der Waals surface area (Å²) in [5, 5.41) is 0.631. The second kappa shape index (κ2) is 6.27. The van der Waals surface area contributed by atoms with Crippen molar-refractivity contribution in [1.82, 2.24) is 4.90 Å². The third kappa shape index (κ3) is 4.57. The van der Waals surface area contributed by atoms with Gasteiger partial charge in [-0.3, -0.25) is 4.90 Å². The summed E-state index contributed by atoms with van der Waals surface area (Å²) in [6, 6.07) is 6.44. The summed E-state index contributed by atoms with van der Waals surface area (Å²) in [4.78, 5) is 2.35. The van der Waals surface area contributed by atoms with E-state index in [2.05, 4.69) is 32.7 Å². The van der Waals surface area contributed by atoms with Gasteiger partial charge in [0.15, 0.2) is 0 Å². The largest absolute Gasteiger partial charge is 0.398 e. The van der Waals surface area contributed by atoms with E-state index in [-0.39, 0.29) is 0 Å². The number of nitrogen functional groups attached to an aromatic ring is 1. The molecule has 0 saturated carbocycles. The van der Waals surface area contributed by atoms with E-state index >= 15 is 0 Å². The van der Waals surface area contributed by atoms with Gasteiger partial charge in [-0.2, -0.15) is 0 Å². The van der Waals surface area contributed by atoms with E-state index in [4.69, 9.17) is 17.3 Å². The predicted octanol–water partition coefficient (Wildman–Crippen LogP) is 3.79. The van der Waals surface area contributed by atoms with Gasteiger partial charge in [0.1, 0.15) is 0 Å². The molecule has 0 bridgehead atoms. The molecule has 0 radical (unpaired) electrons. The molecule has 3 heteroatoms. The molecule has 2 nitrogen and oxygen atoms in total. The lowest BCUT2D eigenvalue weighted by Gasteiger charge is -2.26. The Balaban J connectivity index is 2.61. The standard InChI is InChI=1S/C14H23ClN2/c1-10(2)7-11(3)17(4)9-12-5-6-13(15)14(16)8-12/h5-6,8,10-11H,7,9,16H2,1-4H3. The highest BCUT2D eigenvalue weighted by Crippen LogP contribution is 2.21. The van der Waals surface area contributed by atoms with E-state index in [0.29, 0.717) is 16.8 Å². The van der Waals surface area contributed by atoms with Crippen molar-refractivity contribution in [2.75, 3.05) is 12.8 Å². The molecule has 1 unspecified atom stereocenters. The van der Waals surface area contributed by atoms with Crippen LogP contribution in [-0.4, -0.2) is 18.0 Å². The summed E-state index contributed by atoms with van der Waals surface area (Å²) in [5.74, 6) is 0.725. The highest BCUT2D eigenvalue weighted by Gasteiger charge is 2.11. The fourth-order valence-electron chi connectivity index (χ4n) is 2.00. The maximum Gasteiger partial charge on any atom is 0.0635 e. The highest BCUT2D eigenvalue weighted by atomic mass is 35.5. The number of benzene rings is 1. The zero-order valence-corrected chi connectivity index (χ0v) is 12.0. The Bertz CT molecular complexity index is 363. The van der Waals surface area contributed by atoms with Crippen LogP contribution < -0.4 is 5.73 Å². The Morgan fingerprint density at radius 3 is 2.47 bits per heavy atom. The molecule has 0 saturated heterocycles. The second-order valence-corrected chi connectivity index (χ2v) is 5.66. The van der Waals surface area contributed by atoms with Gasteiger partial charge in [-0.1, -0.05) is 31.5 Å². The van der Waals surface area contributed by atoms with Gasteiger partial charge >= 0.3 is 0 Å². The topological polar surface area (TPSA) is 29.3 Å². The van der Waals surface area contributed by atoms with Gasteiger partial charge in [0.25, 0.3) is 0 Å². The molecule has 0 spiro atoms. The smallest absolute Gasteiger partial charge is 0.0635 e. The average Bonchev–Trinajstić information content (AvgIpc) is 2.22. The van der Waals surface area contributed by atoms with Gasteiger partial charge in [-0.05, 0) is 44.0 Å². The highest BCUT2D eigenvalue weighted by molar-refractivity contribution is 6.33. The average molecular weight is 255 g/mol. The molecule has 0 aliphatic heterocycles. The van der Waals surface area contributed by atoms with Gasteiger partial charge < -0.3 is 5.73 Å². The monoisotopic (exact) mass is 254 g/mol. The first-order chi connectivity index (χ1) is 7.90. The molecule has 96 valence electrons. The Morgan fingerprint density at radius 1 is 1.29 bits per heavy atom. The molecule has 2 N–H and O–H groups in total. The zero-order valence-electron chi connectivity index (χ0n) is 11.2. The fraction of sp³-hybridized carbons (Fsp3) is 0.571. The van der Waals surface area contributed by atoms with E-state index in [1.54, 1.807) is 0 Å². The first-order valence-corrected chi connectivity index (χ1v) is 6.52. The Labute approximate surface area is 110 Å². The number of rotatable bonds is 5. The Morgan fingerprint density at radius 2 is 1.94 bits per heavy atom. The summed E-state index contributed by atoms with van der Waals surface area (Å²) >= 11 is 5.91. The fourth-order valence-corrected chi connectivity index (χ4v) is 2.12. The number of anilines is 1. The number of halogens is 1. The predicted molar refractivity (Wildman–Crippen MR) is 76.2 cm³/mol. The van der Waals surface area contributed by atoms with Gasteiger partial charge in [0, 0.05) is 12.6 Å². The summed E-state index contributed by atoms with van der Waals surface area (Å²) < 4.78 is 0. The maximum absolute atomic E-state index is 5.91. The lowest BCUT2D eigenvalue weighted by atomic mass is 10.0. The minimum atomic E-state index is 0.576. The number of hydrogen-bond donors (Lipinski definition) is 1. The molecule has 0 aliphatic carbocycles. The number of nitrogens with two attached hydrogens (primary N) is 1. The van der Waals surface area contributed by atoms with Gasteiger partial charge in [-0.15, -0.1) is 0 Å². The number of hydrogen-bond acceptors (Lipinski definition) is 2. The Kier molecular flexibility index (Phi) is 5.29. The minimum absolute atomic E-state index is 0.576. The first-order valence-electron chi connectivity index (χ1n) is 6.14. The number of nitrogens with zero attached hydrogens (tertiary/aromatic N) is 1. The van der Waals surface area contributed by atoms with Crippen LogP contribution in [0.2, 0.25) is 5.02 Å². The van der Waals surface area contributed by atoms with Gasteiger partial charge in [0.2, 0.25) is 0 Å². The van der Waals surface area contributed by atoms with Crippen molar-refractivity contribution in [2.24, 2.45) is 5.92 Å². The molecule has 1 aromatic carbocycles. The molecule has 1 rings (SSSR count). The lowest BCUT2D eigenvalue weighted by molar-refractivity contribution is 0.220. The van der Waals surface area contributed by atoms with Crippen LogP contribution in [0, 0.1) is 5.92 Å².